The van der Waals surface area contributed by atoms with E-state index in [-0.39, 0.29) is 48.1 Å². The van der Waals surface area contributed by atoms with Gasteiger partial charge >= 0.3 is 6.09 Å². The lowest BCUT2D eigenvalue weighted by Gasteiger charge is -2.48. The van der Waals surface area contributed by atoms with Crippen molar-refractivity contribution in [3.63, 3.8) is 0 Å². The Labute approximate surface area is 260 Å². The van der Waals surface area contributed by atoms with Crippen LogP contribution >= 0.6 is 0 Å². The zero-order chi connectivity index (χ0) is 31.6. The van der Waals surface area contributed by atoms with Gasteiger partial charge in [0.25, 0.3) is 0 Å². The fourth-order valence-electron chi connectivity index (χ4n) is 7.08. The fraction of sp³-hybridized carbons (Fsp3) is 0.412. The van der Waals surface area contributed by atoms with Gasteiger partial charge in [-0.05, 0) is 64.1 Å². The lowest BCUT2D eigenvalue weighted by Crippen LogP contribution is -2.65. The highest BCUT2D eigenvalue weighted by atomic mass is 19.1. The Morgan fingerprint density at radius 1 is 1.20 bits per heavy atom. The highest BCUT2D eigenvalue weighted by Crippen LogP contribution is 2.46. The molecule has 0 saturated carbocycles. The molecule has 3 aliphatic heterocycles. The van der Waals surface area contributed by atoms with Gasteiger partial charge in [0.1, 0.15) is 46.2 Å². The normalized spacial score (nSPS) is 22.1. The number of carbonyl (C=O) groups excluding carboxylic acids is 1. The third-order valence-corrected chi connectivity index (χ3v) is 8.74. The third-order valence-electron chi connectivity index (χ3n) is 8.74. The quantitative estimate of drug-likeness (QED) is 0.213. The van der Waals surface area contributed by atoms with Crippen LogP contribution in [0.4, 0.5) is 15.0 Å². The maximum absolute atomic E-state index is 16.8. The SMILES string of the molecule is C#Cc1cccc2cc(OCOC)cc(-c3nc4c5c(ncnc5c3F)N3C[C@H]5CC[C@@H]([C@H]3[C@H](C)O4)N5C(=O)OC(C)(C)C)c12. The molecule has 3 aliphatic rings. The van der Waals surface area contributed by atoms with Crippen LogP contribution < -0.4 is 14.4 Å². The van der Waals surface area contributed by atoms with Crippen LogP contribution in [0.5, 0.6) is 11.6 Å². The van der Waals surface area contributed by atoms with E-state index < -0.39 is 17.5 Å². The Kier molecular flexibility index (Phi) is 6.93. The minimum Gasteiger partial charge on any atom is -0.472 e. The second-order valence-electron chi connectivity index (χ2n) is 12.7. The van der Waals surface area contributed by atoms with Crippen molar-refractivity contribution in [1.29, 1.82) is 0 Å². The van der Waals surface area contributed by atoms with E-state index in [1.165, 1.54) is 13.4 Å². The van der Waals surface area contributed by atoms with E-state index in [9.17, 15) is 4.79 Å². The van der Waals surface area contributed by atoms with Crippen LogP contribution in [0.25, 0.3) is 32.9 Å². The number of nitrogens with zero attached hydrogens (tertiary/aromatic N) is 5. The second kappa shape index (κ2) is 10.7. The molecule has 10 nitrogen and oxygen atoms in total. The van der Waals surface area contributed by atoms with Crippen LogP contribution in [0, 0.1) is 18.2 Å². The number of terminal acetylenes is 1. The predicted octanol–water partition coefficient (Wildman–Crippen LogP) is 5.69. The van der Waals surface area contributed by atoms with Crippen molar-refractivity contribution >= 4 is 33.6 Å². The first-order chi connectivity index (χ1) is 21.6. The van der Waals surface area contributed by atoms with E-state index in [1.54, 1.807) is 12.1 Å². The van der Waals surface area contributed by atoms with Gasteiger partial charge in [0.15, 0.2) is 12.6 Å². The highest BCUT2D eigenvalue weighted by molar-refractivity contribution is 6.04. The number of hydrogen-bond acceptors (Lipinski definition) is 9. The molecular formula is C34H34FN5O5. The number of carbonyl (C=O) groups is 1. The molecule has 4 atom stereocenters. The molecule has 1 amide bonds. The highest BCUT2D eigenvalue weighted by Gasteiger charge is 2.53. The number of pyridine rings is 1. The molecule has 232 valence electrons. The summed E-state index contributed by atoms with van der Waals surface area (Å²) in [6.07, 6.45) is 8.09. The number of benzene rings is 2. The van der Waals surface area contributed by atoms with E-state index in [0.29, 0.717) is 40.0 Å². The molecule has 0 N–H and O–H groups in total. The summed E-state index contributed by atoms with van der Waals surface area (Å²) in [7, 11) is 1.53. The van der Waals surface area contributed by atoms with Crippen LogP contribution in [0.3, 0.4) is 0 Å². The number of aromatic nitrogens is 3. The van der Waals surface area contributed by atoms with Gasteiger partial charge in [-0.3, -0.25) is 4.90 Å². The molecule has 2 aromatic heterocycles. The van der Waals surface area contributed by atoms with Crippen molar-refractivity contribution in [3.8, 4) is 35.2 Å². The second-order valence-corrected chi connectivity index (χ2v) is 12.7. The van der Waals surface area contributed by atoms with E-state index in [1.807, 2.05) is 50.8 Å². The Balaban J connectivity index is 1.39. The Hall–Kier alpha value is -4.69. The largest absolute Gasteiger partial charge is 0.472 e. The number of halogens is 1. The van der Waals surface area contributed by atoms with Crippen molar-refractivity contribution in [3.05, 3.63) is 48.0 Å². The summed E-state index contributed by atoms with van der Waals surface area (Å²) in [5.74, 6) is 3.31. The number of piperazine rings is 1. The van der Waals surface area contributed by atoms with Crippen LogP contribution in [0.15, 0.2) is 36.7 Å². The lowest BCUT2D eigenvalue weighted by molar-refractivity contribution is 0.000957. The smallest absolute Gasteiger partial charge is 0.410 e. The van der Waals surface area contributed by atoms with E-state index in [4.69, 9.17) is 30.4 Å². The molecule has 0 spiro atoms. The summed E-state index contributed by atoms with van der Waals surface area (Å²) in [5, 5.41) is 1.81. The van der Waals surface area contributed by atoms with Gasteiger partial charge in [-0.2, -0.15) is 0 Å². The first-order valence-electron chi connectivity index (χ1n) is 15.0. The van der Waals surface area contributed by atoms with Crippen molar-refractivity contribution in [2.75, 3.05) is 25.3 Å². The van der Waals surface area contributed by atoms with Crippen molar-refractivity contribution < 1.29 is 28.1 Å². The molecule has 4 aromatic rings. The molecule has 7 rings (SSSR count). The average molecular weight is 612 g/mol. The summed E-state index contributed by atoms with van der Waals surface area (Å²) >= 11 is 0. The summed E-state index contributed by atoms with van der Waals surface area (Å²) in [4.78, 5) is 31.2. The molecule has 0 radical (unpaired) electrons. The van der Waals surface area contributed by atoms with Gasteiger partial charge in [0.05, 0.1) is 18.1 Å². The number of fused-ring (bicyclic) bond motifs is 6. The van der Waals surface area contributed by atoms with E-state index in [2.05, 4.69) is 20.8 Å². The van der Waals surface area contributed by atoms with Crippen molar-refractivity contribution in [2.24, 2.45) is 0 Å². The maximum Gasteiger partial charge on any atom is 0.410 e. The Bertz CT molecular complexity index is 1890. The zero-order valence-electron chi connectivity index (χ0n) is 25.8. The van der Waals surface area contributed by atoms with Crippen LogP contribution in [-0.2, 0) is 9.47 Å². The monoisotopic (exact) mass is 611 g/mol. The van der Waals surface area contributed by atoms with Crippen LogP contribution in [0.2, 0.25) is 0 Å². The number of amides is 1. The van der Waals surface area contributed by atoms with Crippen LogP contribution in [0.1, 0.15) is 46.1 Å². The molecule has 11 heteroatoms. The minimum absolute atomic E-state index is 0.00949. The molecular weight excluding hydrogens is 577 g/mol. The number of hydrogen-bond donors (Lipinski definition) is 0. The first-order valence-corrected chi connectivity index (χ1v) is 15.0. The van der Waals surface area contributed by atoms with Gasteiger partial charge in [0, 0.05) is 30.2 Å². The summed E-state index contributed by atoms with van der Waals surface area (Å²) in [5.41, 5.74) is 0.518. The molecule has 5 heterocycles. The Morgan fingerprint density at radius 2 is 2.02 bits per heavy atom. The third kappa shape index (κ3) is 4.75. The summed E-state index contributed by atoms with van der Waals surface area (Å²) in [6, 6.07) is 8.52. The van der Waals surface area contributed by atoms with Crippen LogP contribution in [-0.4, -0.2) is 76.2 Å². The molecule has 2 bridgehead atoms. The standard InChI is InChI=1S/C34H34FN5O5/c1-7-19-9-8-10-20-13-22(43-17-42-6)14-23(25(19)20)28-27(35)29-26-31(37-16-36-29)39-15-21-11-12-24(30(39)18(2)44-32(26)38-28)40(21)33(41)45-34(3,4)5/h1,8-10,13-14,16,18,21,24,30H,11-12,15,17H2,2-6H3/t18-,21+,24-,30+/m0/s1. The predicted molar refractivity (Wildman–Crippen MR) is 167 cm³/mol. The minimum atomic E-state index is -0.625. The molecule has 0 aliphatic carbocycles. The van der Waals surface area contributed by atoms with Gasteiger partial charge < -0.3 is 23.8 Å². The molecule has 0 unspecified atom stereocenters. The summed E-state index contributed by atoms with van der Waals surface area (Å²) < 4.78 is 40.0. The topological polar surface area (TPSA) is 99.1 Å². The summed E-state index contributed by atoms with van der Waals surface area (Å²) in [6.45, 7) is 8.04. The maximum atomic E-state index is 16.8. The van der Waals surface area contributed by atoms with Gasteiger partial charge in [0.2, 0.25) is 5.88 Å². The van der Waals surface area contributed by atoms with Crippen molar-refractivity contribution in [1.82, 2.24) is 19.9 Å². The number of anilines is 1. The molecule has 45 heavy (non-hydrogen) atoms. The van der Waals surface area contributed by atoms with Gasteiger partial charge in [-0.15, -0.1) is 6.42 Å². The number of ether oxygens (including phenoxy) is 4. The number of rotatable bonds is 4. The van der Waals surface area contributed by atoms with Gasteiger partial charge in [-0.1, -0.05) is 18.1 Å². The lowest BCUT2D eigenvalue weighted by atomic mass is 9.96. The average Bonchev–Trinajstić information content (AvgIpc) is 3.26. The van der Waals surface area contributed by atoms with Gasteiger partial charge in [-0.25, -0.2) is 24.1 Å². The Morgan fingerprint density at radius 3 is 2.78 bits per heavy atom. The fourth-order valence-corrected chi connectivity index (χ4v) is 7.08. The first kappa shape index (κ1) is 29.0. The molecule has 2 saturated heterocycles. The zero-order valence-corrected chi connectivity index (χ0v) is 25.8. The molecule has 2 fully saturated rings. The van der Waals surface area contributed by atoms with E-state index >= 15 is 4.39 Å². The van der Waals surface area contributed by atoms with E-state index in [0.717, 1.165) is 18.2 Å². The molecule has 2 aromatic carbocycles. The number of methoxy groups -OCH3 is 1. The van der Waals surface area contributed by atoms with Crippen molar-refractivity contribution in [2.45, 2.75) is 70.4 Å².